The molecule has 176 valence electrons. The fraction of sp³-hybridized carbons (Fsp3) is 0.0606. The minimum absolute atomic E-state index is 0.876. The molecule has 37 heavy (non-hydrogen) atoms. The maximum Gasteiger partial charge on any atom is 0.299 e. The molecule has 0 radical (unpaired) electrons. The zero-order chi connectivity index (χ0) is 24.7. The molecule has 0 atom stereocenters. The van der Waals surface area contributed by atoms with E-state index in [1.165, 1.54) is 0 Å². The molecule has 0 unspecified atom stereocenters. The molecule has 8 aromatic rings. The van der Waals surface area contributed by atoms with E-state index in [0.717, 1.165) is 77.5 Å². The van der Waals surface area contributed by atoms with Crippen molar-refractivity contribution in [3.8, 4) is 17.1 Å². The second-order valence-electron chi connectivity index (χ2n) is 9.69. The number of fused-ring (bicyclic) bond motifs is 7. The summed E-state index contributed by atoms with van der Waals surface area (Å²) in [5.74, 6) is 1.05. The van der Waals surface area contributed by atoms with Gasteiger partial charge in [-0.1, -0.05) is 72.8 Å². The molecule has 0 N–H and O–H groups in total. The largest absolute Gasteiger partial charge is 0.455 e. The van der Waals surface area contributed by atoms with Crippen LogP contribution in [0.25, 0.3) is 72.0 Å². The van der Waals surface area contributed by atoms with Gasteiger partial charge in [-0.05, 0) is 42.8 Å². The van der Waals surface area contributed by atoms with Crippen LogP contribution in [0.1, 0.15) is 5.56 Å². The van der Waals surface area contributed by atoms with Gasteiger partial charge >= 0.3 is 0 Å². The average Bonchev–Trinajstić information content (AvgIpc) is 3.59. The summed E-state index contributed by atoms with van der Waals surface area (Å²) in [7, 11) is 2.13. The standard InChI is InChI=1S/C33H23N2O2/c1-20-18-19-24-22-11-4-8-17-29(22)37-32(24)30(20)33-34(2)25-13-5-6-14-26(25)35(33)27-15-9-12-23-21-10-3-7-16-28(21)36-31(23)27/h3-19H,1-2H3/q+1. The lowest BCUT2D eigenvalue weighted by Gasteiger charge is -2.08. The maximum absolute atomic E-state index is 6.55. The number of aryl methyl sites for hydroxylation is 2. The summed E-state index contributed by atoms with van der Waals surface area (Å²) >= 11 is 0. The number of para-hydroxylation sites is 5. The monoisotopic (exact) mass is 479 g/mol. The molecule has 4 nitrogen and oxygen atoms in total. The highest BCUT2D eigenvalue weighted by atomic mass is 16.3. The van der Waals surface area contributed by atoms with E-state index >= 15 is 0 Å². The van der Waals surface area contributed by atoms with Gasteiger partial charge in [0.1, 0.15) is 16.7 Å². The summed E-state index contributed by atoms with van der Waals surface area (Å²) in [6, 6.07) is 35.8. The molecular formula is C33H23N2O2+. The molecule has 0 fully saturated rings. The zero-order valence-electron chi connectivity index (χ0n) is 20.5. The van der Waals surface area contributed by atoms with Crippen molar-refractivity contribution in [1.29, 1.82) is 0 Å². The Bertz CT molecular complexity index is 2170. The summed E-state index contributed by atoms with van der Waals surface area (Å²) in [4.78, 5) is 0. The summed E-state index contributed by atoms with van der Waals surface area (Å²) in [6.45, 7) is 2.16. The van der Waals surface area contributed by atoms with E-state index in [1.807, 2.05) is 24.3 Å². The van der Waals surface area contributed by atoms with Crippen LogP contribution in [0, 0.1) is 6.92 Å². The van der Waals surface area contributed by atoms with Gasteiger partial charge in [-0.15, -0.1) is 0 Å². The van der Waals surface area contributed by atoms with Crippen molar-refractivity contribution >= 4 is 54.9 Å². The van der Waals surface area contributed by atoms with Crippen molar-refractivity contribution in [3.05, 3.63) is 109 Å². The molecule has 8 rings (SSSR count). The van der Waals surface area contributed by atoms with Crippen molar-refractivity contribution in [3.63, 3.8) is 0 Å². The second-order valence-corrected chi connectivity index (χ2v) is 9.69. The van der Waals surface area contributed by atoms with E-state index in [-0.39, 0.29) is 0 Å². The summed E-state index contributed by atoms with van der Waals surface area (Å²) in [6.07, 6.45) is 0. The Kier molecular flexibility index (Phi) is 4.04. The molecule has 0 amide bonds. The highest BCUT2D eigenvalue weighted by Gasteiger charge is 2.31. The van der Waals surface area contributed by atoms with Gasteiger partial charge in [-0.3, -0.25) is 0 Å². The van der Waals surface area contributed by atoms with E-state index in [4.69, 9.17) is 8.83 Å². The first-order valence-electron chi connectivity index (χ1n) is 12.5. The van der Waals surface area contributed by atoms with Crippen molar-refractivity contribution in [2.24, 2.45) is 7.05 Å². The Balaban J connectivity index is 1.57. The minimum Gasteiger partial charge on any atom is -0.455 e. The fourth-order valence-electron chi connectivity index (χ4n) is 5.91. The van der Waals surface area contributed by atoms with Gasteiger partial charge in [-0.25, -0.2) is 4.57 Å². The van der Waals surface area contributed by atoms with E-state index in [1.54, 1.807) is 0 Å². The first-order chi connectivity index (χ1) is 18.2. The van der Waals surface area contributed by atoms with Gasteiger partial charge in [0.2, 0.25) is 0 Å². The number of imidazole rings is 1. The number of aromatic nitrogens is 2. The molecule has 0 spiro atoms. The fourth-order valence-corrected chi connectivity index (χ4v) is 5.91. The van der Waals surface area contributed by atoms with Crippen LogP contribution in [0.5, 0.6) is 0 Å². The molecule has 0 aliphatic rings. The SMILES string of the molecule is Cc1ccc2c(oc3ccccc32)c1-c1n(-c2cccc3c2oc2ccccc23)c2ccccc2[n+]1C. The predicted molar refractivity (Wildman–Crippen MR) is 149 cm³/mol. The molecule has 0 bridgehead atoms. The van der Waals surface area contributed by atoms with Crippen molar-refractivity contribution in [2.45, 2.75) is 6.92 Å². The first-order valence-corrected chi connectivity index (χ1v) is 12.5. The maximum atomic E-state index is 6.55. The van der Waals surface area contributed by atoms with E-state index < -0.39 is 0 Å². The average molecular weight is 480 g/mol. The van der Waals surface area contributed by atoms with Gasteiger partial charge in [0.05, 0.1) is 7.05 Å². The molecule has 3 aromatic heterocycles. The highest BCUT2D eigenvalue weighted by Crippen LogP contribution is 2.40. The lowest BCUT2D eigenvalue weighted by atomic mass is 10.0. The third-order valence-electron chi connectivity index (χ3n) is 7.62. The quantitative estimate of drug-likeness (QED) is 0.234. The molecule has 0 aliphatic heterocycles. The Morgan fingerprint density at radius 1 is 0.595 bits per heavy atom. The van der Waals surface area contributed by atoms with Gasteiger partial charge < -0.3 is 8.83 Å². The lowest BCUT2D eigenvalue weighted by Crippen LogP contribution is -2.30. The molecule has 5 aromatic carbocycles. The van der Waals surface area contributed by atoms with Crippen molar-refractivity contribution < 1.29 is 13.4 Å². The predicted octanol–water partition coefficient (Wildman–Crippen LogP) is 8.23. The van der Waals surface area contributed by atoms with Crippen LogP contribution in [0.15, 0.2) is 112 Å². The number of hydrogen-bond acceptors (Lipinski definition) is 2. The molecule has 0 aliphatic carbocycles. The third kappa shape index (κ3) is 2.70. The first kappa shape index (κ1) is 20.4. The summed E-state index contributed by atoms with van der Waals surface area (Å²) in [5.41, 5.74) is 9.06. The Labute approximate surface area is 212 Å². The van der Waals surface area contributed by atoms with Gasteiger partial charge in [-0.2, -0.15) is 4.57 Å². The van der Waals surface area contributed by atoms with Gasteiger partial charge in [0, 0.05) is 21.5 Å². The second kappa shape index (κ2) is 7.34. The number of furan rings is 2. The smallest absolute Gasteiger partial charge is 0.299 e. The van der Waals surface area contributed by atoms with E-state index in [9.17, 15) is 0 Å². The number of nitrogens with zero attached hydrogens (tertiary/aromatic N) is 2. The number of hydrogen-bond donors (Lipinski definition) is 0. The van der Waals surface area contributed by atoms with Gasteiger partial charge in [0.25, 0.3) is 5.82 Å². The van der Waals surface area contributed by atoms with Crippen molar-refractivity contribution in [2.75, 3.05) is 0 Å². The Hall–Kier alpha value is -4.83. The van der Waals surface area contributed by atoms with E-state index in [0.29, 0.717) is 0 Å². The Morgan fingerprint density at radius 3 is 2.00 bits per heavy atom. The van der Waals surface area contributed by atoms with Crippen LogP contribution >= 0.6 is 0 Å². The molecule has 0 saturated carbocycles. The Morgan fingerprint density at radius 2 is 1.22 bits per heavy atom. The molecule has 0 saturated heterocycles. The van der Waals surface area contributed by atoms with Crippen molar-refractivity contribution in [1.82, 2.24) is 4.57 Å². The van der Waals surface area contributed by atoms with Crippen LogP contribution in [0.4, 0.5) is 0 Å². The van der Waals surface area contributed by atoms with Crippen LogP contribution < -0.4 is 4.57 Å². The normalized spacial score (nSPS) is 12.1. The molecule has 3 heterocycles. The van der Waals surface area contributed by atoms with Crippen LogP contribution in [-0.4, -0.2) is 4.57 Å². The summed E-state index contributed by atoms with van der Waals surface area (Å²) < 4.78 is 17.6. The van der Waals surface area contributed by atoms with E-state index in [2.05, 4.69) is 102 Å². The van der Waals surface area contributed by atoms with Crippen LogP contribution in [-0.2, 0) is 7.05 Å². The molecular weight excluding hydrogens is 456 g/mol. The molecule has 4 heteroatoms. The van der Waals surface area contributed by atoms with Crippen LogP contribution in [0.3, 0.4) is 0 Å². The third-order valence-corrected chi connectivity index (χ3v) is 7.62. The van der Waals surface area contributed by atoms with Gasteiger partial charge in [0.15, 0.2) is 27.9 Å². The lowest BCUT2D eigenvalue weighted by molar-refractivity contribution is -0.633. The summed E-state index contributed by atoms with van der Waals surface area (Å²) in [5, 5.41) is 4.48. The highest BCUT2D eigenvalue weighted by molar-refractivity contribution is 6.11. The number of rotatable bonds is 2. The topological polar surface area (TPSA) is 35.1 Å². The zero-order valence-corrected chi connectivity index (χ0v) is 20.5. The van der Waals surface area contributed by atoms with Crippen LogP contribution in [0.2, 0.25) is 0 Å². The number of benzene rings is 5. The minimum atomic E-state index is 0.876.